The Morgan fingerprint density at radius 2 is 2.00 bits per heavy atom. The zero-order valence-corrected chi connectivity index (χ0v) is 15.3. The van der Waals surface area contributed by atoms with Crippen LogP contribution < -0.4 is 15.8 Å². The van der Waals surface area contributed by atoms with Crippen LogP contribution in [0.25, 0.3) is 0 Å². The quantitative estimate of drug-likeness (QED) is 0.589. The van der Waals surface area contributed by atoms with E-state index in [1.807, 2.05) is 6.92 Å². The smallest absolute Gasteiger partial charge is 0.188 e. The molecule has 0 bridgehead atoms. The lowest BCUT2D eigenvalue weighted by molar-refractivity contribution is 0.0531. The van der Waals surface area contributed by atoms with Crippen LogP contribution in [0.4, 0.5) is 0 Å². The van der Waals surface area contributed by atoms with E-state index in [1.165, 1.54) is 24.8 Å². The molecule has 3 rings (SSSR count). The van der Waals surface area contributed by atoms with Gasteiger partial charge in [0.05, 0.1) is 13.2 Å². The molecule has 1 aromatic carbocycles. The fourth-order valence-corrected chi connectivity index (χ4v) is 3.61. The van der Waals surface area contributed by atoms with E-state index in [9.17, 15) is 0 Å². The summed E-state index contributed by atoms with van der Waals surface area (Å²) in [6, 6.07) is 8.45. The van der Waals surface area contributed by atoms with Gasteiger partial charge in [-0.1, -0.05) is 18.6 Å². The minimum absolute atomic E-state index is 0.00572. The van der Waals surface area contributed by atoms with Gasteiger partial charge in [0.1, 0.15) is 5.75 Å². The number of ether oxygens (including phenoxy) is 2. The second kappa shape index (κ2) is 8.56. The molecule has 0 aromatic heterocycles. The lowest BCUT2D eigenvalue weighted by Gasteiger charge is -2.36. The van der Waals surface area contributed by atoms with Crippen molar-refractivity contribution in [2.45, 2.75) is 44.4 Å². The molecule has 0 amide bonds. The standard InChI is InChI=1S/C20H31N3O2/c1-2-25-18-8-6-17(7-9-18)20(10-12-24-13-11-20)15-23-19(21)22-14-16-4-3-5-16/h6-9,16H,2-5,10-15H2,1H3,(H3,21,22,23). The van der Waals surface area contributed by atoms with E-state index < -0.39 is 0 Å². The van der Waals surface area contributed by atoms with Gasteiger partial charge >= 0.3 is 0 Å². The van der Waals surface area contributed by atoms with E-state index in [4.69, 9.17) is 15.2 Å². The van der Waals surface area contributed by atoms with Crippen molar-refractivity contribution in [2.24, 2.45) is 16.6 Å². The van der Waals surface area contributed by atoms with Crippen LogP contribution in [-0.4, -0.2) is 38.9 Å². The van der Waals surface area contributed by atoms with Crippen molar-refractivity contribution in [3.63, 3.8) is 0 Å². The molecule has 5 heteroatoms. The molecule has 1 heterocycles. The third kappa shape index (κ3) is 4.66. The normalized spacial score (nSPS) is 20.8. The van der Waals surface area contributed by atoms with E-state index in [0.29, 0.717) is 19.1 Å². The molecule has 25 heavy (non-hydrogen) atoms. The largest absolute Gasteiger partial charge is 0.494 e. The molecular weight excluding hydrogens is 314 g/mol. The van der Waals surface area contributed by atoms with Crippen LogP contribution in [-0.2, 0) is 10.2 Å². The highest BCUT2D eigenvalue weighted by atomic mass is 16.5. The lowest BCUT2D eigenvalue weighted by atomic mass is 9.74. The number of aliphatic imine (C=N–C) groups is 1. The predicted molar refractivity (Wildman–Crippen MR) is 101 cm³/mol. The third-order valence-corrected chi connectivity index (χ3v) is 5.58. The molecule has 138 valence electrons. The first-order chi connectivity index (χ1) is 12.2. The first-order valence-corrected chi connectivity index (χ1v) is 9.57. The number of nitrogens with one attached hydrogen (secondary N) is 1. The first-order valence-electron chi connectivity index (χ1n) is 9.57. The van der Waals surface area contributed by atoms with Crippen molar-refractivity contribution >= 4 is 5.96 Å². The Hall–Kier alpha value is -1.75. The number of hydrogen-bond acceptors (Lipinski definition) is 3. The summed E-state index contributed by atoms with van der Waals surface area (Å²) in [6.07, 6.45) is 5.92. The highest BCUT2D eigenvalue weighted by Gasteiger charge is 2.34. The van der Waals surface area contributed by atoms with Crippen LogP contribution in [0.5, 0.6) is 5.75 Å². The van der Waals surface area contributed by atoms with Crippen molar-refractivity contribution < 1.29 is 9.47 Å². The number of benzene rings is 1. The summed E-state index contributed by atoms with van der Waals surface area (Å²) in [7, 11) is 0. The number of nitrogens with zero attached hydrogens (tertiary/aromatic N) is 1. The number of guanidine groups is 1. The van der Waals surface area contributed by atoms with Gasteiger partial charge in [-0.15, -0.1) is 0 Å². The SMILES string of the molecule is CCOc1ccc(C2(CN=C(N)NCC3CCC3)CCOCC2)cc1. The average Bonchev–Trinajstić information content (AvgIpc) is 2.60. The van der Waals surface area contributed by atoms with Gasteiger partial charge in [-0.25, -0.2) is 0 Å². The maximum atomic E-state index is 6.11. The average molecular weight is 345 g/mol. The Morgan fingerprint density at radius 1 is 1.28 bits per heavy atom. The molecule has 2 aliphatic rings. The third-order valence-electron chi connectivity index (χ3n) is 5.58. The molecule has 0 unspecified atom stereocenters. The van der Waals surface area contributed by atoms with E-state index >= 15 is 0 Å². The van der Waals surface area contributed by atoms with E-state index in [2.05, 4.69) is 34.6 Å². The van der Waals surface area contributed by atoms with Gasteiger partial charge in [-0.2, -0.15) is 0 Å². The second-order valence-corrected chi connectivity index (χ2v) is 7.23. The molecule has 1 aromatic rings. The molecule has 1 aliphatic heterocycles. The summed E-state index contributed by atoms with van der Waals surface area (Å²) in [4.78, 5) is 4.68. The van der Waals surface area contributed by atoms with Crippen LogP contribution in [0.2, 0.25) is 0 Å². The lowest BCUT2D eigenvalue weighted by Crippen LogP contribution is -2.40. The minimum Gasteiger partial charge on any atom is -0.494 e. The van der Waals surface area contributed by atoms with Gasteiger partial charge in [0.2, 0.25) is 0 Å². The fraction of sp³-hybridized carbons (Fsp3) is 0.650. The molecule has 1 saturated carbocycles. The van der Waals surface area contributed by atoms with E-state index in [1.54, 1.807) is 0 Å². The molecule has 0 spiro atoms. The van der Waals surface area contributed by atoms with Gasteiger partial charge < -0.3 is 20.5 Å². The molecule has 1 saturated heterocycles. The Bertz CT molecular complexity index is 561. The Kier molecular flexibility index (Phi) is 6.19. The zero-order chi connectivity index (χ0) is 17.5. The fourth-order valence-electron chi connectivity index (χ4n) is 3.61. The van der Waals surface area contributed by atoms with Gasteiger partial charge in [0, 0.05) is 25.2 Å². The Balaban J connectivity index is 1.67. The summed E-state index contributed by atoms with van der Waals surface area (Å²) in [5.74, 6) is 2.26. The maximum absolute atomic E-state index is 6.11. The molecule has 0 radical (unpaired) electrons. The summed E-state index contributed by atoms with van der Waals surface area (Å²) < 4.78 is 11.2. The van der Waals surface area contributed by atoms with Gasteiger partial charge in [0.25, 0.3) is 0 Å². The van der Waals surface area contributed by atoms with Crippen molar-refractivity contribution in [2.75, 3.05) is 32.9 Å². The summed E-state index contributed by atoms with van der Waals surface area (Å²) in [5.41, 5.74) is 7.41. The minimum atomic E-state index is 0.00572. The maximum Gasteiger partial charge on any atom is 0.188 e. The summed E-state index contributed by atoms with van der Waals surface area (Å²) in [5, 5.41) is 3.30. The first kappa shape index (κ1) is 18.1. The van der Waals surface area contributed by atoms with Crippen LogP contribution in [0.15, 0.2) is 29.3 Å². The molecule has 3 N–H and O–H groups in total. The van der Waals surface area contributed by atoms with Gasteiger partial charge in [-0.05, 0) is 56.2 Å². The molecule has 1 aliphatic carbocycles. The van der Waals surface area contributed by atoms with Crippen molar-refractivity contribution in [3.05, 3.63) is 29.8 Å². The molecule has 2 fully saturated rings. The summed E-state index contributed by atoms with van der Waals surface area (Å²) >= 11 is 0. The van der Waals surface area contributed by atoms with Crippen molar-refractivity contribution in [1.29, 1.82) is 0 Å². The monoisotopic (exact) mass is 345 g/mol. The number of rotatable bonds is 7. The Morgan fingerprint density at radius 3 is 2.60 bits per heavy atom. The van der Waals surface area contributed by atoms with Crippen LogP contribution in [0.3, 0.4) is 0 Å². The molecular formula is C20H31N3O2. The summed E-state index contributed by atoms with van der Waals surface area (Å²) in [6.45, 7) is 5.90. The van der Waals surface area contributed by atoms with Gasteiger partial charge in [-0.3, -0.25) is 4.99 Å². The number of hydrogen-bond donors (Lipinski definition) is 2. The number of nitrogens with two attached hydrogens (primary N) is 1. The highest BCUT2D eigenvalue weighted by molar-refractivity contribution is 5.77. The van der Waals surface area contributed by atoms with Gasteiger partial charge in [0.15, 0.2) is 5.96 Å². The van der Waals surface area contributed by atoms with Crippen LogP contribution in [0.1, 0.15) is 44.6 Å². The zero-order valence-electron chi connectivity index (χ0n) is 15.3. The Labute approximate surface area is 151 Å². The second-order valence-electron chi connectivity index (χ2n) is 7.23. The predicted octanol–water partition coefficient (Wildman–Crippen LogP) is 2.84. The van der Waals surface area contributed by atoms with Crippen molar-refractivity contribution in [3.8, 4) is 5.75 Å². The van der Waals surface area contributed by atoms with Crippen LogP contribution in [0, 0.1) is 5.92 Å². The van der Waals surface area contributed by atoms with E-state index in [-0.39, 0.29) is 5.41 Å². The van der Waals surface area contributed by atoms with E-state index in [0.717, 1.165) is 44.3 Å². The van der Waals surface area contributed by atoms with Crippen molar-refractivity contribution in [1.82, 2.24) is 5.32 Å². The molecule has 0 atom stereocenters. The van der Waals surface area contributed by atoms with Crippen LogP contribution >= 0.6 is 0 Å². The molecule has 5 nitrogen and oxygen atoms in total. The topological polar surface area (TPSA) is 68.9 Å². The highest BCUT2D eigenvalue weighted by Crippen LogP contribution is 2.36.